The van der Waals surface area contributed by atoms with Gasteiger partial charge in [0, 0.05) is 5.69 Å². The molecule has 1 N–H and O–H groups in total. The molecular weight excluding hydrogens is 268 g/mol. The Kier molecular flexibility index (Phi) is 3.48. The van der Waals surface area contributed by atoms with Crippen LogP contribution in [0, 0.1) is 6.92 Å². The monoisotopic (exact) mass is 282 g/mol. The van der Waals surface area contributed by atoms with Gasteiger partial charge in [0.1, 0.15) is 5.01 Å². The summed E-state index contributed by atoms with van der Waals surface area (Å²) in [6, 6.07) is 15.7. The van der Waals surface area contributed by atoms with Crippen LogP contribution < -0.4 is 5.32 Å². The molecule has 100 valence electrons. The summed E-state index contributed by atoms with van der Waals surface area (Å²) in [5, 5.41) is 3.78. The van der Waals surface area contributed by atoms with Gasteiger partial charge in [-0.1, -0.05) is 30.3 Å². The number of amides is 1. The molecule has 20 heavy (non-hydrogen) atoms. The van der Waals surface area contributed by atoms with Crippen LogP contribution in [0.4, 0.5) is 5.69 Å². The number of carbonyl (C=O) groups is 1. The molecule has 0 atom stereocenters. The Labute approximate surface area is 121 Å². The predicted molar refractivity (Wildman–Crippen MR) is 83.1 cm³/mol. The molecule has 0 aliphatic heterocycles. The first kappa shape index (κ1) is 12.8. The van der Waals surface area contributed by atoms with Crippen molar-refractivity contribution in [3.8, 4) is 0 Å². The SMILES string of the molecule is Cc1ccccc1NC(=O)Cc1nc2ccccc2s1. The van der Waals surface area contributed by atoms with Crippen molar-refractivity contribution in [2.45, 2.75) is 13.3 Å². The average Bonchev–Trinajstić information content (AvgIpc) is 2.83. The van der Waals surface area contributed by atoms with Gasteiger partial charge in [0.25, 0.3) is 0 Å². The number of fused-ring (bicyclic) bond motifs is 1. The van der Waals surface area contributed by atoms with Crippen LogP contribution in [0.2, 0.25) is 0 Å². The van der Waals surface area contributed by atoms with Gasteiger partial charge < -0.3 is 5.32 Å². The number of aryl methyl sites for hydroxylation is 1. The molecular formula is C16H14N2OS. The quantitative estimate of drug-likeness (QED) is 0.794. The Bertz CT molecular complexity index is 731. The first-order chi connectivity index (χ1) is 9.72. The summed E-state index contributed by atoms with van der Waals surface area (Å²) in [4.78, 5) is 16.5. The largest absolute Gasteiger partial charge is 0.325 e. The molecule has 0 unspecified atom stereocenters. The molecule has 0 bridgehead atoms. The van der Waals surface area contributed by atoms with E-state index in [0.29, 0.717) is 6.42 Å². The maximum Gasteiger partial charge on any atom is 0.231 e. The molecule has 1 heterocycles. The number of carbonyl (C=O) groups excluding carboxylic acids is 1. The Balaban J connectivity index is 1.74. The predicted octanol–water partition coefficient (Wildman–Crippen LogP) is 3.79. The lowest BCUT2D eigenvalue weighted by Crippen LogP contribution is -2.14. The molecule has 4 heteroatoms. The molecule has 3 rings (SSSR count). The first-order valence-electron chi connectivity index (χ1n) is 6.42. The number of hydrogen-bond acceptors (Lipinski definition) is 3. The van der Waals surface area contributed by atoms with Gasteiger partial charge in [-0.25, -0.2) is 4.98 Å². The summed E-state index contributed by atoms with van der Waals surface area (Å²) in [5.41, 5.74) is 2.87. The van der Waals surface area contributed by atoms with Crippen LogP contribution in [0.5, 0.6) is 0 Å². The highest BCUT2D eigenvalue weighted by Crippen LogP contribution is 2.22. The summed E-state index contributed by atoms with van der Waals surface area (Å²) in [6.45, 7) is 1.98. The standard InChI is InChI=1S/C16H14N2OS/c1-11-6-2-3-7-12(11)17-15(19)10-16-18-13-8-4-5-9-14(13)20-16/h2-9H,10H2,1H3,(H,17,19). The molecule has 1 aromatic heterocycles. The first-order valence-corrected chi connectivity index (χ1v) is 7.24. The zero-order chi connectivity index (χ0) is 13.9. The van der Waals surface area contributed by atoms with Crippen molar-refractivity contribution in [2.75, 3.05) is 5.32 Å². The van der Waals surface area contributed by atoms with E-state index in [-0.39, 0.29) is 5.91 Å². The van der Waals surface area contributed by atoms with E-state index in [4.69, 9.17) is 0 Å². The maximum absolute atomic E-state index is 12.1. The third-order valence-electron chi connectivity index (χ3n) is 3.07. The molecule has 0 aliphatic rings. The van der Waals surface area contributed by atoms with Crippen LogP contribution in [0.25, 0.3) is 10.2 Å². The average molecular weight is 282 g/mol. The van der Waals surface area contributed by atoms with Gasteiger partial charge in [-0.2, -0.15) is 0 Å². The Morgan fingerprint density at radius 3 is 2.70 bits per heavy atom. The van der Waals surface area contributed by atoms with Crippen LogP contribution in [0.15, 0.2) is 48.5 Å². The number of anilines is 1. The highest BCUT2D eigenvalue weighted by Gasteiger charge is 2.09. The lowest BCUT2D eigenvalue weighted by Gasteiger charge is -2.06. The van der Waals surface area contributed by atoms with E-state index >= 15 is 0 Å². The summed E-state index contributed by atoms with van der Waals surface area (Å²) in [7, 11) is 0. The molecule has 0 saturated carbocycles. The van der Waals surface area contributed by atoms with Crippen LogP contribution in [-0.4, -0.2) is 10.9 Å². The number of nitrogens with zero attached hydrogens (tertiary/aromatic N) is 1. The Hall–Kier alpha value is -2.20. The van der Waals surface area contributed by atoms with Gasteiger partial charge in [-0.15, -0.1) is 11.3 Å². The van der Waals surface area contributed by atoms with Crippen LogP contribution in [0.1, 0.15) is 10.6 Å². The van der Waals surface area contributed by atoms with E-state index in [0.717, 1.165) is 26.5 Å². The number of aromatic nitrogens is 1. The van der Waals surface area contributed by atoms with Gasteiger partial charge in [0.15, 0.2) is 0 Å². The topological polar surface area (TPSA) is 42.0 Å². The highest BCUT2D eigenvalue weighted by atomic mass is 32.1. The van der Waals surface area contributed by atoms with Gasteiger partial charge in [0.05, 0.1) is 16.6 Å². The molecule has 3 aromatic rings. The van der Waals surface area contributed by atoms with Gasteiger partial charge in [0.2, 0.25) is 5.91 Å². The summed E-state index contributed by atoms with van der Waals surface area (Å²) in [5.74, 6) is -0.0293. The number of thiazole rings is 1. The van der Waals surface area contributed by atoms with E-state index in [1.165, 1.54) is 0 Å². The summed E-state index contributed by atoms with van der Waals surface area (Å²) >= 11 is 1.57. The van der Waals surface area contributed by atoms with Crippen molar-refractivity contribution in [3.05, 3.63) is 59.1 Å². The Morgan fingerprint density at radius 2 is 1.90 bits per heavy atom. The number of benzene rings is 2. The van der Waals surface area contributed by atoms with Gasteiger partial charge >= 0.3 is 0 Å². The van der Waals surface area contributed by atoms with Crippen molar-refractivity contribution in [1.82, 2.24) is 4.98 Å². The molecule has 1 amide bonds. The lowest BCUT2D eigenvalue weighted by molar-refractivity contribution is -0.115. The molecule has 0 aliphatic carbocycles. The minimum atomic E-state index is -0.0293. The van der Waals surface area contributed by atoms with Crippen LogP contribution >= 0.6 is 11.3 Å². The molecule has 0 radical (unpaired) electrons. The number of nitrogens with one attached hydrogen (secondary N) is 1. The molecule has 0 saturated heterocycles. The second kappa shape index (κ2) is 5.43. The molecule has 0 fully saturated rings. The van der Waals surface area contributed by atoms with E-state index in [2.05, 4.69) is 10.3 Å². The molecule has 2 aromatic carbocycles. The van der Waals surface area contributed by atoms with Gasteiger partial charge in [-0.05, 0) is 30.7 Å². The number of rotatable bonds is 3. The van der Waals surface area contributed by atoms with Crippen molar-refractivity contribution in [3.63, 3.8) is 0 Å². The zero-order valence-corrected chi connectivity index (χ0v) is 11.9. The second-order valence-electron chi connectivity index (χ2n) is 4.62. The van der Waals surface area contributed by atoms with E-state index in [1.807, 2.05) is 55.5 Å². The lowest BCUT2D eigenvalue weighted by atomic mass is 10.2. The Morgan fingerprint density at radius 1 is 1.15 bits per heavy atom. The van der Waals surface area contributed by atoms with Crippen LogP contribution in [0.3, 0.4) is 0 Å². The smallest absolute Gasteiger partial charge is 0.231 e. The maximum atomic E-state index is 12.1. The van der Waals surface area contributed by atoms with Crippen molar-refractivity contribution < 1.29 is 4.79 Å². The summed E-state index contributed by atoms with van der Waals surface area (Å²) in [6.07, 6.45) is 0.313. The fourth-order valence-electron chi connectivity index (χ4n) is 2.04. The van der Waals surface area contributed by atoms with E-state index < -0.39 is 0 Å². The number of para-hydroxylation sites is 2. The normalized spacial score (nSPS) is 10.7. The van der Waals surface area contributed by atoms with Crippen LogP contribution in [-0.2, 0) is 11.2 Å². The number of hydrogen-bond donors (Lipinski definition) is 1. The second-order valence-corrected chi connectivity index (χ2v) is 5.73. The van der Waals surface area contributed by atoms with Crippen molar-refractivity contribution >= 4 is 33.1 Å². The fraction of sp³-hybridized carbons (Fsp3) is 0.125. The fourth-order valence-corrected chi connectivity index (χ4v) is 3.01. The third kappa shape index (κ3) is 2.70. The molecule has 0 spiro atoms. The zero-order valence-electron chi connectivity index (χ0n) is 11.1. The molecule has 3 nitrogen and oxygen atoms in total. The van der Waals surface area contributed by atoms with E-state index in [9.17, 15) is 4.79 Å². The summed E-state index contributed by atoms with van der Waals surface area (Å²) < 4.78 is 1.12. The highest BCUT2D eigenvalue weighted by molar-refractivity contribution is 7.18. The third-order valence-corrected chi connectivity index (χ3v) is 4.11. The van der Waals surface area contributed by atoms with Crippen molar-refractivity contribution in [2.24, 2.45) is 0 Å². The minimum Gasteiger partial charge on any atom is -0.325 e. The van der Waals surface area contributed by atoms with Gasteiger partial charge in [-0.3, -0.25) is 4.79 Å². The van der Waals surface area contributed by atoms with Crippen molar-refractivity contribution in [1.29, 1.82) is 0 Å². The minimum absolute atomic E-state index is 0.0293. The van der Waals surface area contributed by atoms with E-state index in [1.54, 1.807) is 11.3 Å².